The number of carbonyl (C=O) groups is 1. The topological polar surface area (TPSA) is 41.6 Å². The molecular weight excluding hydrogens is 252 g/mol. The third-order valence-corrected chi connectivity index (χ3v) is 4.77. The average Bonchev–Trinajstić information content (AvgIpc) is 2.38. The molecule has 1 N–H and O–H groups in total. The highest BCUT2D eigenvalue weighted by atomic mass is 16.5. The van der Waals surface area contributed by atoms with Gasteiger partial charge in [0.1, 0.15) is 6.61 Å². The van der Waals surface area contributed by atoms with Crippen molar-refractivity contribution in [3.63, 3.8) is 0 Å². The van der Waals surface area contributed by atoms with Gasteiger partial charge in [0.15, 0.2) is 0 Å². The predicted molar refractivity (Wildman–Crippen MR) is 80.6 cm³/mol. The largest absolute Gasteiger partial charge is 0.375 e. The molecule has 1 aliphatic carbocycles. The standard InChI is InChI=1S/C16H30N2O2/c1-12-8-13(2)10-15(9-12)17-14-4-6-18(7-5-14)16(19)11-20-3/h12-15,17H,4-11H2,1-3H3. The number of amides is 1. The zero-order valence-electron chi connectivity index (χ0n) is 13.2. The summed E-state index contributed by atoms with van der Waals surface area (Å²) in [6.07, 6.45) is 6.16. The quantitative estimate of drug-likeness (QED) is 0.858. The molecule has 0 spiro atoms. The van der Waals surface area contributed by atoms with Crippen LogP contribution >= 0.6 is 0 Å². The number of hydrogen-bond acceptors (Lipinski definition) is 3. The fourth-order valence-corrected chi connectivity index (χ4v) is 3.93. The van der Waals surface area contributed by atoms with Crippen molar-refractivity contribution >= 4 is 5.91 Å². The number of methoxy groups -OCH3 is 1. The van der Waals surface area contributed by atoms with Crippen LogP contribution in [-0.4, -0.2) is 49.7 Å². The lowest BCUT2D eigenvalue weighted by Crippen LogP contribution is -2.49. The highest BCUT2D eigenvalue weighted by molar-refractivity contribution is 5.77. The van der Waals surface area contributed by atoms with Crippen LogP contribution in [0.4, 0.5) is 0 Å². The highest BCUT2D eigenvalue weighted by Gasteiger charge is 2.28. The van der Waals surface area contributed by atoms with Crippen LogP contribution in [0.1, 0.15) is 46.0 Å². The smallest absolute Gasteiger partial charge is 0.248 e. The van der Waals surface area contributed by atoms with E-state index in [2.05, 4.69) is 19.2 Å². The van der Waals surface area contributed by atoms with E-state index in [1.165, 1.54) is 19.3 Å². The Balaban J connectivity index is 1.72. The van der Waals surface area contributed by atoms with Gasteiger partial charge in [-0.15, -0.1) is 0 Å². The van der Waals surface area contributed by atoms with Crippen molar-refractivity contribution in [1.82, 2.24) is 10.2 Å². The summed E-state index contributed by atoms with van der Waals surface area (Å²) < 4.78 is 4.92. The van der Waals surface area contributed by atoms with Gasteiger partial charge in [0.05, 0.1) is 0 Å². The SMILES string of the molecule is COCC(=O)N1CCC(NC2CC(C)CC(C)C2)CC1. The molecule has 1 saturated heterocycles. The summed E-state index contributed by atoms with van der Waals surface area (Å²) in [5.41, 5.74) is 0. The first-order chi connectivity index (χ1) is 9.58. The Labute approximate surface area is 123 Å². The van der Waals surface area contributed by atoms with Crippen molar-refractivity contribution in [3.8, 4) is 0 Å². The van der Waals surface area contributed by atoms with Crippen LogP contribution in [0.3, 0.4) is 0 Å². The van der Waals surface area contributed by atoms with Gasteiger partial charge < -0.3 is 15.0 Å². The van der Waals surface area contributed by atoms with Gasteiger partial charge >= 0.3 is 0 Å². The van der Waals surface area contributed by atoms with E-state index in [1.807, 2.05) is 4.90 Å². The van der Waals surface area contributed by atoms with Gasteiger partial charge in [0.2, 0.25) is 5.91 Å². The molecular formula is C16H30N2O2. The van der Waals surface area contributed by atoms with Crippen LogP contribution in [0.5, 0.6) is 0 Å². The van der Waals surface area contributed by atoms with E-state index >= 15 is 0 Å². The van der Waals surface area contributed by atoms with Crippen LogP contribution in [-0.2, 0) is 9.53 Å². The molecule has 0 aromatic heterocycles. The van der Waals surface area contributed by atoms with Crippen LogP contribution in [0, 0.1) is 11.8 Å². The second-order valence-electron chi connectivity index (χ2n) is 6.87. The van der Waals surface area contributed by atoms with E-state index in [-0.39, 0.29) is 12.5 Å². The first-order valence-electron chi connectivity index (χ1n) is 8.11. The lowest BCUT2D eigenvalue weighted by Gasteiger charge is -2.38. The minimum atomic E-state index is 0.130. The van der Waals surface area contributed by atoms with E-state index in [1.54, 1.807) is 7.11 Å². The second kappa shape index (κ2) is 7.41. The Bertz CT molecular complexity index is 304. The van der Waals surface area contributed by atoms with Gasteiger partial charge in [-0.05, 0) is 43.9 Å². The molecule has 2 atom stereocenters. The monoisotopic (exact) mass is 282 g/mol. The van der Waals surface area contributed by atoms with Gasteiger partial charge in [-0.2, -0.15) is 0 Å². The summed E-state index contributed by atoms with van der Waals surface area (Å²) in [5, 5.41) is 3.84. The second-order valence-corrected chi connectivity index (χ2v) is 6.87. The third kappa shape index (κ3) is 4.45. The van der Waals surface area contributed by atoms with Crippen LogP contribution in [0.2, 0.25) is 0 Å². The van der Waals surface area contributed by atoms with Gasteiger partial charge in [0, 0.05) is 32.3 Å². The van der Waals surface area contributed by atoms with Gasteiger partial charge in [-0.3, -0.25) is 4.79 Å². The maximum Gasteiger partial charge on any atom is 0.248 e. The summed E-state index contributed by atoms with van der Waals surface area (Å²) in [5.74, 6) is 1.82. The molecule has 116 valence electrons. The average molecular weight is 282 g/mol. The molecule has 1 saturated carbocycles. The van der Waals surface area contributed by atoms with E-state index in [4.69, 9.17) is 4.74 Å². The summed E-state index contributed by atoms with van der Waals surface area (Å²) >= 11 is 0. The number of likely N-dealkylation sites (tertiary alicyclic amines) is 1. The Morgan fingerprint density at radius 3 is 2.25 bits per heavy atom. The predicted octanol–water partition coefficient (Wildman–Crippen LogP) is 2.04. The summed E-state index contributed by atoms with van der Waals surface area (Å²) in [6.45, 7) is 6.71. The molecule has 20 heavy (non-hydrogen) atoms. The van der Waals surface area contributed by atoms with E-state index in [9.17, 15) is 4.79 Å². The number of nitrogens with one attached hydrogen (secondary N) is 1. The van der Waals surface area contributed by atoms with E-state index < -0.39 is 0 Å². The van der Waals surface area contributed by atoms with Gasteiger partial charge in [-0.1, -0.05) is 13.8 Å². The van der Waals surface area contributed by atoms with Crippen molar-refractivity contribution in [1.29, 1.82) is 0 Å². The first kappa shape index (κ1) is 15.8. The number of nitrogens with zero attached hydrogens (tertiary/aromatic N) is 1. The fraction of sp³-hybridized carbons (Fsp3) is 0.938. The van der Waals surface area contributed by atoms with E-state index in [0.717, 1.165) is 37.8 Å². The summed E-state index contributed by atoms with van der Waals surface area (Å²) in [7, 11) is 1.58. The minimum absolute atomic E-state index is 0.130. The molecule has 0 radical (unpaired) electrons. The molecule has 1 amide bonds. The fourth-order valence-electron chi connectivity index (χ4n) is 3.93. The van der Waals surface area contributed by atoms with Crippen molar-refractivity contribution in [2.75, 3.05) is 26.8 Å². The maximum atomic E-state index is 11.8. The summed E-state index contributed by atoms with van der Waals surface area (Å²) in [6, 6.07) is 1.27. The number of ether oxygens (including phenoxy) is 1. The minimum Gasteiger partial charge on any atom is -0.375 e. The lowest BCUT2D eigenvalue weighted by atomic mass is 9.80. The molecule has 0 bridgehead atoms. The Kier molecular flexibility index (Phi) is 5.85. The zero-order valence-corrected chi connectivity index (χ0v) is 13.2. The number of hydrogen-bond donors (Lipinski definition) is 1. The van der Waals surface area contributed by atoms with Crippen LogP contribution in [0.15, 0.2) is 0 Å². The van der Waals surface area contributed by atoms with Gasteiger partial charge in [-0.25, -0.2) is 0 Å². The van der Waals surface area contributed by atoms with Gasteiger partial charge in [0.25, 0.3) is 0 Å². The summed E-state index contributed by atoms with van der Waals surface area (Å²) in [4.78, 5) is 13.7. The van der Waals surface area contributed by atoms with Crippen molar-refractivity contribution in [2.45, 2.75) is 58.0 Å². The molecule has 4 heteroatoms. The Morgan fingerprint density at radius 2 is 1.70 bits per heavy atom. The molecule has 2 aliphatic rings. The van der Waals surface area contributed by atoms with Crippen molar-refractivity contribution in [3.05, 3.63) is 0 Å². The van der Waals surface area contributed by atoms with E-state index in [0.29, 0.717) is 12.1 Å². The molecule has 0 aromatic rings. The molecule has 1 aliphatic heterocycles. The number of rotatable bonds is 4. The Morgan fingerprint density at radius 1 is 1.10 bits per heavy atom. The number of piperidine rings is 1. The molecule has 2 unspecified atom stereocenters. The third-order valence-electron chi connectivity index (χ3n) is 4.77. The lowest BCUT2D eigenvalue weighted by molar-refractivity contribution is -0.136. The molecule has 2 fully saturated rings. The first-order valence-corrected chi connectivity index (χ1v) is 8.11. The molecule has 0 aromatic carbocycles. The normalized spacial score (nSPS) is 32.4. The van der Waals surface area contributed by atoms with Crippen molar-refractivity contribution in [2.24, 2.45) is 11.8 Å². The number of carbonyl (C=O) groups excluding carboxylic acids is 1. The van der Waals surface area contributed by atoms with Crippen LogP contribution < -0.4 is 5.32 Å². The molecule has 1 heterocycles. The zero-order chi connectivity index (χ0) is 14.5. The molecule has 4 nitrogen and oxygen atoms in total. The van der Waals surface area contributed by atoms with Crippen LogP contribution in [0.25, 0.3) is 0 Å². The highest BCUT2D eigenvalue weighted by Crippen LogP contribution is 2.29. The molecule has 2 rings (SSSR count). The Hall–Kier alpha value is -0.610. The maximum absolute atomic E-state index is 11.8. The van der Waals surface area contributed by atoms with Crippen molar-refractivity contribution < 1.29 is 9.53 Å².